The smallest absolute Gasteiger partial charge is 0.303 e. The maximum Gasteiger partial charge on any atom is 0.303 e. The van der Waals surface area contributed by atoms with E-state index in [9.17, 15) is 9.59 Å². The molecule has 0 amide bonds. The van der Waals surface area contributed by atoms with E-state index in [0.29, 0.717) is 12.8 Å². The standard InChI is InChI=1S/C40H78O4S3/c41-39(42)35-31-27-23-19-15-11-7-3-1-5-9-13-17-21-25-29-33-37-45-47-46-38-34-30-26-22-18-14-10-6-2-4-8-12-16-20-24-28-32-36-40(43)44/h1-38H2,(H,41,42)(H,43,44). The molecule has 0 heterocycles. The Morgan fingerprint density at radius 1 is 0.277 bits per heavy atom. The van der Waals surface area contributed by atoms with Crippen molar-refractivity contribution in [3.05, 3.63) is 0 Å². The minimum atomic E-state index is -0.654. The van der Waals surface area contributed by atoms with Gasteiger partial charge in [-0.1, -0.05) is 214 Å². The minimum Gasteiger partial charge on any atom is -0.481 e. The van der Waals surface area contributed by atoms with Gasteiger partial charge in [-0.2, -0.15) is 0 Å². The maximum absolute atomic E-state index is 10.5. The van der Waals surface area contributed by atoms with Gasteiger partial charge in [0, 0.05) is 24.3 Å². The molecule has 0 aromatic rings. The predicted molar refractivity (Wildman–Crippen MR) is 214 cm³/mol. The van der Waals surface area contributed by atoms with Crippen molar-refractivity contribution in [2.75, 3.05) is 11.5 Å². The van der Waals surface area contributed by atoms with E-state index in [2.05, 4.69) is 21.6 Å². The lowest BCUT2D eigenvalue weighted by Crippen LogP contribution is -1.93. The first kappa shape index (κ1) is 47.0. The minimum absolute atomic E-state index is 0.339. The summed E-state index contributed by atoms with van der Waals surface area (Å²) < 4.78 is 0. The van der Waals surface area contributed by atoms with E-state index in [-0.39, 0.29) is 0 Å². The quantitative estimate of drug-likeness (QED) is 0.0481. The summed E-state index contributed by atoms with van der Waals surface area (Å²) >= 11 is 0. The average Bonchev–Trinajstić information content (AvgIpc) is 3.05. The summed E-state index contributed by atoms with van der Waals surface area (Å²) in [4.78, 5) is 21.0. The van der Waals surface area contributed by atoms with Crippen LogP contribution in [0.1, 0.15) is 231 Å². The molecule has 0 aliphatic rings. The molecule has 0 rings (SSSR count). The van der Waals surface area contributed by atoms with Crippen molar-refractivity contribution in [3.63, 3.8) is 0 Å². The van der Waals surface area contributed by atoms with Gasteiger partial charge < -0.3 is 10.2 Å². The van der Waals surface area contributed by atoms with Gasteiger partial charge in [-0.25, -0.2) is 0 Å². The molecule has 2 N–H and O–H groups in total. The fourth-order valence-electron chi connectivity index (χ4n) is 6.28. The molecule has 0 unspecified atom stereocenters. The van der Waals surface area contributed by atoms with Crippen molar-refractivity contribution in [2.45, 2.75) is 231 Å². The first-order valence-corrected chi connectivity index (χ1v) is 24.3. The van der Waals surface area contributed by atoms with E-state index < -0.39 is 11.9 Å². The Hall–Kier alpha value is -0.0100. The van der Waals surface area contributed by atoms with Gasteiger partial charge in [0.1, 0.15) is 0 Å². The van der Waals surface area contributed by atoms with Crippen LogP contribution in [0.25, 0.3) is 0 Å². The molecule has 0 aromatic carbocycles. The van der Waals surface area contributed by atoms with Crippen LogP contribution in [0.5, 0.6) is 0 Å². The second-order valence-electron chi connectivity index (χ2n) is 14.0. The number of hydrogen-bond acceptors (Lipinski definition) is 5. The molecule has 0 fully saturated rings. The summed E-state index contributed by atoms with van der Waals surface area (Å²) in [5.74, 6) is 1.33. The molecule has 7 heteroatoms. The van der Waals surface area contributed by atoms with E-state index >= 15 is 0 Å². The van der Waals surface area contributed by atoms with Crippen molar-refractivity contribution in [1.82, 2.24) is 0 Å². The summed E-state index contributed by atoms with van der Waals surface area (Å²) in [5, 5.41) is 17.3. The second kappa shape index (κ2) is 42.2. The van der Waals surface area contributed by atoms with E-state index in [0.717, 1.165) is 25.7 Å². The van der Waals surface area contributed by atoms with Crippen LogP contribution in [0, 0.1) is 0 Å². The van der Waals surface area contributed by atoms with Gasteiger partial charge in [-0.15, -0.1) is 0 Å². The van der Waals surface area contributed by atoms with Gasteiger partial charge in [-0.05, 0) is 35.5 Å². The molecular weight excluding hydrogens is 641 g/mol. The molecule has 0 saturated heterocycles. The topological polar surface area (TPSA) is 74.6 Å². The van der Waals surface area contributed by atoms with Gasteiger partial charge in [0.05, 0.1) is 0 Å². The molecule has 0 aromatic heterocycles. The molecule has 47 heavy (non-hydrogen) atoms. The third-order valence-corrected chi connectivity index (χ3v) is 13.7. The van der Waals surface area contributed by atoms with Crippen molar-refractivity contribution in [2.24, 2.45) is 0 Å². The zero-order valence-corrected chi connectivity index (χ0v) is 33.3. The lowest BCUT2D eigenvalue weighted by Gasteiger charge is -2.04. The first-order chi connectivity index (χ1) is 23.1. The predicted octanol–water partition coefficient (Wildman–Crippen LogP) is 15.2. The highest BCUT2D eigenvalue weighted by atomic mass is 33.5. The van der Waals surface area contributed by atoms with Crippen LogP contribution in [0.15, 0.2) is 0 Å². The highest BCUT2D eigenvalue weighted by molar-refractivity contribution is 9.09. The van der Waals surface area contributed by atoms with Crippen LogP contribution in [0.4, 0.5) is 0 Å². The van der Waals surface area contributed by atoms with E-state index in [1.54, 1.807) is 0 Å². The molecule has 0 aliphatic carbocycles. The summed E-state index contributed by atoms with van der Waals surface area (Å²) in [6, 6.07) is 0. The molecule has 0 radical (unpaired) electrons. The highest BCUT2D eigenvalue weighted by Crippen LogP contribution is 2.35. The lowest BCUT2D eigenvalue weighted by atomic mass is 10.0. The Morgan fingerprint density at radius 3 is 0.638 bits per heavy atom. The molecule has 280 valence electrons. The fourth-order valence-corrected chi connectivity index (χ4v) is 10.3. The summed E-state index contributed by atoms with van der Waals surface area (Å²) in [5.41, 5.74) is 0. The zero-order chi connectivity index (χ0) is 34.1. The Bertz CT molecular complexity index is 583. The number of carboxylic acid groups (broad SMARTS) is 2. The molecule has 0 atom stereocenters. The lowest BCUT2D eigenvalue weighted by molar-refractivity contribution is -0.138. The van der Waals surface area contributed by atoms with Crippen LogP contribution >= 0.6 is 31.4 Å². The molecule has 0 spiro atoms. The largest absolute Gasteiger partial charge is 0.481 e. The zero-order valence-electron chi connectivity index (χ0n) is 30.8. The fraction of sp³-hybridized carbons (Fsp3) is 0.950. The number of hydrogen-bond donors (Lipinski definition) is 2. The number of carbonyl (C=O) groups is 2. The molecule has 0 saturated carbocycles. The Labute approximate surface area is 304 Å². The van der Waals surface area contributed by atoms with Crippen molar-refractivity contribution < 1.29 is 19.8 Å². The normalized spacial score (nSPS) is 11.4. The van der Waals surface area contributed by atoms with E-state index in [4.69, 9.17) is 10.2 Å². The average molecular weight is 719 g/mol. The van der Waals surface area contributed by atoms with Gasteiger partial charge in [-0.3, -0.25) is 9.59 Å². The molecule has 0 aliphatic heterocycles. The van der Waals surface area contributed by atoms with E-state index in [1.165, 1.54) is 204 Å². The van der Waals surface area contributed by atoms with Crippen LogP contribution in [-0.4, -0.2) is 33.7 Å². The summed E-state index contributed by atoms with van der Waals surface area (Å²) in [6.07, 6.45) is 46.0. The second-order valence-corrected chi connectivity index (χ2v) is 18.5. The van der Waals surface area contributed by atoms with Gasteiger partial charge >= 0.3 is 11.9 Å². The monoisotopic (exact) mass is 719 g/mol. The van der Waals surface area contributed by atoms with Crippen molar-refractivity contribution >= 4 is 43.4 Å². The molecule has 4 nitrogen and oxygen atoms in total. The Balaban J connectivity index is 3.05. The summed E-state index contributed by atoms with van der Waals surface area (Å²) in [7, 11) is 6.19. The maximum atomic E-state index is 10.5. The summed E-state index contributed by atoms with van der Waals surface area (Å²) in [6.45, 7) is 0. The van der Waals surface area contributed by atoms with Crippen molar-refractivity contribution in [3.8, 4) is 0 Å². The Morgan fingerprint density at radius 2 is 0.447 bits per heavy atom. The van der Waals surface area contributed by atoms with Gasteiger partial charge in [0.15, 0.2) is 0 Å². The van der Waals surface area contributed by atoms with Gasteiger partial charge in [0.25, 0.3) is 0 Å². The number of unbranched alkanes of at least 4 members (excludes halogenated alkanes) is 32. The molecule has 0 bridgehead atoms. The third-order valence-electron chi connectivity index (χ3n) is 9.33. The van der Waals surface area contributed by atoms with Crippen LogP contribution in [0.2, 0.25) is 0 Å². The number of aliphatic carboxylic acids is 2. The van der Waals surface area contributed by atoms with Crippen LogP contribution < -0.4 is 0 Å². The van der Waals surface area contributed by atoms with Crippen molar-refractivity contribution in [1.29, 1.82) is 0 Å². The van der Waals surface area contributed by atoms with Crippen LogP contribution in [0.3, 0.4) is 0 Å². The first-order valence-electron chi connectivity index (χ1n) is 20.5. The highest BCUT2D eigenvalue weighted by Gasteiger charge is 2.00. The molecular formula is C40H78O4S3. The van der Waals surface area contributed by atoms with Crippen LogP contribution in [-0.2, 0) is 9.59 Å². The van der Waals surface area contributed by atoms with Gasteiger partial charge in [0.2, 0.25) is 0 Å². The SMILES string of the molecule is O=C(O)CCCCCCCCCCCCCCCCCCCSSSCCCCCCCCCCCCCCCCCCCC(=O)O. The van der Waals surface area contributed by atoms with E-state index in [1.807, 2.05) is 9.83 Å². The third kappa shape index (κ3) is 46.0. The Kier molecular flexibility index (Phi) is 42.1. The number of carboxylic acids is 2. The number of rotatable bonds is 42.